The van der Waals surface area contributed by atoms with E-state index >= 15 is 0 Å². The molecule has 0 bridgehead atoms. The van der Waals surface area contributed by atoms with Gasteiger partial charge < -0.3 is 18.0 Å². The Morgan fingerprint density at radius 1 is 0.697 bits per heavy atom. The molecule has 0 aromatic heterocycles. The molecule has 0 saturated heterocycles. The van der Waals surface area contributed by atoms with Gasteiger partial charge in [-0.1, -0.05) is 0 Å². The number of carbonyl (C=O) groups excluding carboxylic acids is 1. The molecule has 0 heterocycles. The number of hydrogen-bond donors (Lipinski definition) is 0. The van der Waals surface area contributed by atoms with Gasteiger partial charge in [0.15, 0.2) is 0 Å². The van der Waals surface area contributed by atoms with Gasteiger partial charge >= 0.3 is 50.8 Å². The number of rotatable bonds is 11. The highest BCUT2D eigenvalue weighted by atomic mass is 28.4. The molecule has 33 heavy (non-hydrogen) atoms. The van der Waals surface area contributed by atoms with Gasteiger partial charge in [-0.15, -0.1) is 0 Å². The van der Waals surface area contributed by atoms with E-state index in [1.807, 2.05) is 0 Å². The molecule has 0 rings (SSSR count). The summed E-state index contributed by atoms with van der Waals surface area (Å²) in [5, 5.41) is 0. The lowest BCUT2D eigenvalue weighted by Gasteiger charge is -2.34. The largest absolute Gasteiger partial charge is 0.503 e. The van der Waals surface area contributed by atoms with E-state index in [0.717, 1.165) is 0 Å². The third-order valence-corrected chi connectivity index (χ3v) is 6.81. The van der Waals surface area contributed by atoms with Crippen molar-refractivity contribution in [3.63, 3.8) is 0 Å². The number of carbonyl (C=O) groups is 1. The van der Waals surface area contributed by atoms with Gasteiger partial charge in [0, 0.05) is 21.3 Å². The van der Waals surface area contributed by atoms with Crippen LogP contribution in [0.25, 0.3) is 0 Å². The SMILES string of the molecule is CO[Si](CC(CC(F)(F)C(F)(F)C(F)(F)F)OC(=O)C(F)(F)C(F)(F)C(F)(F)F)(OC)OC. The fourth-order valence-electron chi connectivity index (χ4n) is 2.09. The van der Waals surface area contributed by atoms with Gasteiger partial charge in [-0.05, 0) is 0 Å². The summed E-state index contributed by atoms with van der Waals surface area (Å²) in [5.41, 5.74) is 0. The topological polar surface area (TPSA) is 54.0 Å². The van der Waals surface area contributed by atoms with E-state index in [4.69, 9.17) is 0 Å². The van der Waals surface area contributed by atoms with Gasteiger partial charge in [0.05, 0.1) is 12.5 Å². The second kappa shape index (κ2) is 9.68. The summed E-state index contributed by atoms with van der Waals surface area (Å²) in [6, 6.07) is -1.63. The molecule has 0 amide bonds. The first-order valence-electron chi connectivity index (χ1n) is 7.90. The van der Waals surface area contributed by atoms with E-state index in [1.165, 1.54) is 0 Å². The van der Waals surface area contributed by atoms with Crippen LogP contribution in [-0.2, 0) is 22.8 Å². The zero-order chi connectivity index (χ0) is 26.9. The maximum absolute atomic E-state index is 13.7. The molecule has 0 aromatic carbocycles. The van der Waals surface area contributed by atoms with Crippen LogP contribution in [0.2, 0.25) is 6.04 Å². The molecule has 0 radical (unpaired) electrons. The van der Waals surface area contributed by atoms with Crippen LogP contribution in [0, 0.1) is 0 Å². The average Bonchev–Trinajstić information content (AvgIpc) is 2.63. The van der Waals surface area contributed by atoms with Crippen LogP contribution >= 0.6 is 0 Å². The van der Waals surface area contributed by atoms with Crippen LogP contribution in [0.4, 0.5) is 61.5 Å². The molecule has 0 saturated carbocycles. The van der Waals surface area contributed by atoms with Crippen LogP contribution in [0.3, 0.4) is 0 Å². The zero-order valence-electron chi connectivity index (χ0n) is 16.3. The standard InChI is InChI=1S/C13H14F14O5Si/c1-29-33(30-2,31-3)5-6(4-8(14,15)10(18,19)12(22,23)24)32-7(28)9(16,17)11(20,21)13(25,26)27/h6H,4-5H2,1-3H3. The summed E-state index contributed by atoms with van der Waals surface area (Å²) < 4.78 is 197. The summed E-state index contributed by atoms with van der Waals surface area (Å²) in [5.74, 6) is -30.9. The molecule has 0 aliphatic carbocycles. The minimum atomic E-state index is -7.14. The quantitative estimate of drug-likeness (QED) is 0.212. The Balaban J connectivity index is 6.30. The van der Waals surface area contributed by atoms with E-state index in [9.17, 15) is 66.3 Å². The maximum Gasteiger partial charge on any atom is 0.503 e. The van der Waals surface area contributed by atoms with Gasteiger partial charge in [0.1, 0.15) is 6.10 Å². The molecule has 0 aliphatic heterocycles. The van der Waals surface area contributed by atoms with Crippen LogP contribution in [0.1, 0.15) is 6.42 Å². The number of alkyl halides is 14. The first-order valence-corrected chi connectivity index (χ1v) is 9.83. The predicted octanol–water partition coefficient (Wildman–Crippen LogP) is 4.83. The van der Waals surface area contributed by atoms with Crippen LogP contribution in [0.5, 0.6) is 0 Å². The Hall–Kier alpha value is -1.41. The summed E-state index contributed by atoms with van der Waals surface area (Å²) in [4.78, 5) is 11.3. The Labute approximate surface area is 176 Å². The van der Waals surface area contributed by atoms with Gasteiger partial charge in [0.2, 0.25) is 0 Å². The molecule has 20 heteroatoms. The molecule has 0 aliphatic rings. The first kappa shape index (κ1) is 31.6. The van der Waals surface area contributed by atoms with E-state index in [0.29, 0.717) is 21.3 Å². The lowest BCUT2D eigenvalue weighted by atomic mass is 10.0. The second-order valence-corrected chi connectivity index (χ2v) is 9.15. The highest BCUT2D eigenvalue weighted by molar-refractivity contribution is 6.60. The van der Waals surface area contributed by atoms with Gasteiger partial charge in [-0.25, -0.2) is 4.79 Å². The number of halogens is 14. The second-order valence-electron chi connectivity index (χ2n) is 6.15. The van der Waals surface area contributed by atoms with Gasteiger partial charge in [0.25, 0.3) is 0 Å². The molecular formula is C13H14F14O5Si. The number of hydrogen-bond acceptors (Lipinski definition) is 5. The van der Waals surface area contributed by atoms with Crippen LogP contribution in [-0.4, -0.2) is 78.2 Å². The third kappa shape index (κ3) is 6.18. The van der Waals surface area contributed by atoms with E-state index < -0.39 is 69.4 Å². The molecule has 1 unspecified atom stereocenters. The summed E-state index contributed by atoms with van der Waals surface area (Å²) in [6.45, 7) is 0. The Kier molecular flexibility index (Phi) is 9.27. The fourth-order valence-corrected chi connectivity index (χ4v) is 3.87. The molecule has 5 nitrogen and oxygen atoms in total. The van der Waals surface area contributed by atoms with Crippen molar-refractivity contribution in [3.8, 4) is 0 Å². The maximum atomic E-state index is 13.7. The van der Waals surface area contributed by atoms with Crippen molar-refractivity contribution >= 4 is 14.8 Å². The molecule has 1 atom stereocenters. The average molecular weight is 544 g/mol. The Bertz CT molecular complexity index is 665. The normalized spacial score (nSPS) is 16.0. The van der Waals surface area contributed by atoms with Crippen LogP contribution < -0.4 is 0 Å². The summed E-state index contributed by atoms with van der Waals surface area (Å²) in [7, 11) is -2.46. The smallest absolute Gasteiger partial charge is 0.458 e. The van der Waals surface area contributed by atoms with E-state index in [-0.39, 0.29) is 0 Å². The van der Waals surface area contributed by atoms with Crippen molar-refractivity contribution in [2.45, 2.75) is 54.6 Å². The molecule has 0 spiro atoms. The molecule has 0 fully saturated rings. The Morgan fingerprint density at radius 3 is 1.36 bits per heavy atom. The molecule has 198 valence electrons. The third-order valence-electron chi connectivity index (χ3n) is 3.99. The Morgan fingerprint density at radius 2 is 1.06 bits per heavy atom. The highest BCUT2D eigenvalue weighted by Gasteiger charge is 2.78. The van der Waals surface area contributed by atoms with Crippen molar-refractivity contribution in [2.75, 3.05) is 21.3 Å². The van der Waals surface area contributed by atoms with Crippen LogP contribution in [0.15, 0.2) is 0 Å². The van der Waals surface area contributed by atoms with Gasteiger partial charge in [-0.2, -0.15) is 61.5 Å². The fraction of sp³-hybridized carbons (Fsp3) is 0.923. The summed E-state index contributed by atoms with van der Waals surface area (Å²) in [6.07, 6.45) is -20.3. The van der Waals surface area contributed by atoms with Gasteiger partial charge in [-0.3, -0.25) is 0 Å². The van der Waals surface area contributed by atoms with Crippen molar-refractivity contribution in [3.05, 3.63) is 0 Å². The number of esters is 1. The summed E-state index contributed by atoms with van der Waals surface area (Å²) >= 11 is 0. The van der Waals surface area contributed by atoms with Crippen molar-refractivity contribution in [1.29, 1.82) is 0 Å². The zero-order valence-corrected chi connectivity index (χ0v) is 17.3. The minimum absolute atomic E-state index is 0.674. The number of ether oxygens (including phenoxy) is 1. The highest BCUT2D eigenvalue weighted by Crippen LogP contribution is 2.50. The van der Waals surface area contributed by atoms with Crippen molar-refractivity contribution < 1.29 is 84.3 Å². The molecular weight excluding hydrogens is 530 g/mol. The lowest BCUT2D eigenvalue weighted by molar-refractivity contribution is -0.360. The molecule has 0 N–H and O–H groups in total. The minimum Gasteiger partial charge on any atom is -0.458 e. The van der Waals surface area contributed by atoms with E-state index in [2.05, 4.69) is 18.0 Å². The van der Waals surface area contributed by atoms with Crippen molar-refractivity contribution in [1.82, 2.24) is 0 Å². The molecule has 0 aromatic rings. The monoisotopic (exact) mass is 544 g/mol. The van der Waals surface area contributed by atoms with E-state index in [1.54, 1.807) is 0 Å². The predicted molar refractivity (Wildman–Crippen MR) is 78.0 cm³/mol. The first-order chi connectivity index (χ1) is 14.4. The lowest BCUT2D eigenvalue weighted by Crippen LogP contribution is -2.58. The van der Waals surface area contributed by atoms with Crippen molar-refractivity contribution in [2.24, 2.45) is 0 Å².